The van der Waals surface area contributed by atoms with Crippen molar-refractivity contribution in [2.75, 3.05) is 26.3 Å². The fraction of sp³-hybridized carbons (Fsp3) is 0.500. The molecule has 1 aromatic rings. The molecule has 1 N–H and O–H groups in total. The van der Waals surface area contributed by atoms with Gasteiger partial charge in [-0.05, 0) is 37.1 Å². The number of hydrogen-bond donors (Lipinski definition) is 1. The lowest BCUT2D eigenvalue weighted by molar-refractivity contribution is -0.145. The molecule has 1 aromatic carbocycles. The Morgan fingerprint density at radius 3 is 2.14 bits per heavy atom. The third-order valence-corrected chi connectivity index (χ3v) is 2.76. The number of carboxylic acids is 1. The number of carbonyl (C=O) groups excluding carboxylic acids is 1. The van der Waals surface area contributed by atoms with Crippen LogP contribution >= 0.6 is 0 Å². The molecule has 1 rings (SSSR count). The molecular weight excluding hydrogens is 286 g/mol. The van der Waals surface area contributed by atoms with Crippen LogP contribution in [0.3, 0.4) is 0 Å². The monoisotopic (exact) mass is 309 g/mol. The van der Waals surface area contributed by atoms with Crippen LogP contribution < -0.4 is 9.47 Å². The van der Waals surface area contributed by atoms with Gasteiger partial charge in [0.05, 0.1) is 6.61 Å². The molecule has 6 heteroatoms. The quantitative estimate of drug-likeness (QED) is 0.755. The highest BCUT2D eigenvalue weighted by Crippen LogP contribution is 2.17. The standard InChI is InChI=1S/C16H23NO5/c1-4-21-13-5-7-14(8-6-13)22-11-15(18)17(9-12(2)3)10-16(19)20/h5-8,12H,4,9-11H2,1-3H3,(H,19,20). The molecule has 0 spiro atoms. The van der Waals surface area contributed by atoms with Crippen LogP contribution in [-0.4, -0.2) is 48.2 Å². The number of nitrogens with zero attached hydrogens (tertiary/aromatic N) is 1. The minimum absolute atomic E-state index is 0.187. The van der Waals surface area contributed by atoms with Crippen molar-refractivity contribution in [3.63, 3.8) is 0 Å². The average molecular weight is 309 g/mol. The van der Waals surface area contributed by atoms with E-state index in [1.54, 1.807) is 24.3 Å². The number of benzene rings is 1. The number of ether oxygens (including phenoxy) is 2. The molecule has 0 heterocycles. The molecule has 0 saturated heterocycles. The molecule has 1 amide bonds. The van der Waals surface area contributed by atoms with E-state index in [2.05, 4.69) is 0 Å². The highest BCUT2D eigenvalue weighted by atomic mass is 16.5. The fourth-order valence-corrected chi connectivity index (χ4v) is 1.89. The summed E-state index contributed by atoms with van der Waals surface area (Å²) in [5.74, 6) is 0.0824. The highest BCUT2D eigenvalue weighted by Gasteiger charge is 2.18. The van der Waals surface area contributed by atoms with Gasteiger partial charge in [-0.1, -0.05) is 13.8 Å². The van der Waals surface area contributed by atoms with Crippen LogP contribution in [-0.2, 0) is 9.59 Å². The van der Waals surface area contributed by atoms with Crippen molar-refractivity contribution < 1.29 is 24.2 Å². The van der Waals surface area contributed by atoms with Crippen LogP contribution in [0.1, 0.15) is 20.8 Å². The van der Waals surface area contributed by atoms with Gasteiger partial charge in [0.15, 0.2) is 6.61 Å². The number of rotatable bonds is 9. The van der Waals surface area contributed by atoms with Gasteiger partial charge in [0.2, 0.25) is 0 Å². The second kappa shape index (κ2) is 8.92. The molecule has 6 nitrogen and oxygen atoms in total. The lowest BCUT2D eigenvalue weighted by atomic mass is 10.2. The third-order valence-electron chi connectivity index (χ3n) is 2.76. The minimum Gasteiger partial charge on any atom is -0.494 e. The second-order valence-corrected chi connectivity index (χ2v) is 5.25. The topological polar surface area (TPSA) is 76.1 Å². The predicted molar refractivity (Wildman–Crippen MR) is 82.2 cm³/mol. The third kappa shape index (κ3) is 6.47. The minimum atomic E-state index is -1.03. The Labute approximate surface area is 130 Å². The highest BCUT2D eigenvalue weighted by molar-refractivity contribution is 5.82. The van der Waals surface area contributed by atoms with Crippen molar-refractivity contribution in [3.8, 4) is 11.5 Å². The Morgan fingerprint density at radius 2 is 1.68 bits per heavy atom. The Balaban J connectivity index is 2.55. The van der Waals surface area contributed by atoms with Crippen molar-refractivity contribution in [2.45, 2.75) is 20.8 Å². The summed E-state index contributed by atoms with van der Waals surface area (Å²) in [5.41, 5.74) is 0. The van der Waals surface area contributed by atoms with Crippen molar-refractivity contribution in [1.82, 2.24) is 4.90 Å². The van der Waals surface area contributed by atoms with Gasteiger partial charge in [0.1, 0.15) is 18.0 Å². The van der Waals surface area contributed by atoms with Crippen molar-refractivity contribution >= 4 is 11.9 Å². The summed E-state index contributed by atoms with van der Waals surface area (Å²) in [6.07, 6.45) is 0. The first-order valence-electron chi connectivity index (χ1n) is 7.27. The maximum atomic E-state index is 12.1. The summed E-state index contributed by atoms with van der Waals surface area (Å²) in [6, 6.07) is 6.93. The first-order chi connectivity index (χ1) is 10.4. The van der Waals surface area contributed by atoms with E-state index in [9.17, 15) is 9.59 Å². The van der Waals surface area contributed by atoms with Crippen LogP contribution in [0.4, 0.5) is 0 Å². The Bertz CT molecular complexity index is 484. The van der Waals surface area contributed by atoms with E-state index >= 15 is 0 Å². The van der Waals surface area contributed by atoms with Gasteiger partial charge in [0.25, 0.3) is 5.91 Å². The molecule has 0 aliphatic rings. The van der Waals surface area contributed by atoms with Crippen LogP contribution in [0.25, 0.3) is 0 Å². The first kappa shape index (κ1) is 17.8. The number of carboxylic acid groups (broad SMARTS) is 1. The Morgan fingerprint density at radius 1 is 1.14 bits per heavy atom. The summed E-state index contributed by atoms with van der Waals surface area (Å²) in [5, 5.41) is 8.86. The maximum Gasteiger partial charge on any atom is 0.323 e. The zero-order valence-corrected chi connectivity index (χ0v) is 13.2. The van der Waals surface area contributed by atoms with Gasteiger partial charge in [-0.3, -0.25) is 9.59 Å². The average Bonchev–Trinajstić information content (AvgIpc) is 2.45. The molecule has 0 atom stereocenters. The molecule has 0 unspecified atom stereocenters. The Hall–Kier alpha value is -2.24. The van der Waals surface area contributed by atoms with Crippen molar-refractivity contribution in [3.05, 3.63) is 24.3 Å². The lowest BCUT2D eigenvalue weighted by Crippen LogP contribution is -2.40. The van der Waals surface area contributed by atoms with Gasteiger partial charge >= 0.3 is 5.97 Å². The molecule has 122 valence electrons. The van der Waals surface area contributed by atoms with E-state index in [0.717, 1.165) is 5.75 Å². The van der Waals surface area contributed by atoms with Crippen molar-refractivity contribution in [2.24, 2.45) is 5.92 Å². The van der Waals surface area contributed by atoms with E-state index in [4.69, 9.17) is 14.6 Å². The zero-order chi connectivity index (χ0) is 16.5. The van der Waals surface area contributed by atoms with Crippen LogP contribution in [0.5, 0.6) is 11.5 Å². The lowest BCUT2D eigenvalue weighted by Gasteiger charge is -2.22. The molecular formula is C16H23NO5. The summed E-state index contributed by atoms with van der Waals surface area (Å²) in [6.45, 7) is 6.22. The predicted octanol–water partition coefficient (Wildman–Crippen LogP) is 2.03. The van der Waals surface area contributed by atoms with Crippen molar-refractivity contribution in [1.29, 1.82) is 0 Å². The summed E-state index contributed by atoms with van der Waals surface area (Å²) in [7, 11) is 0. The molecule has 0 fully saturated rings. The van der Waals surface area contributed by atoms with Gasteiger partial charge < -0.3 is 19.5 Å². The smallest absolute Gasteiger partial charge is 0.323 e. The van der Waals surface area contributed by atoms with Gasteiger partial charge in [-0.25, -0.2) is 0 Å². The Kier molecular flexibility index (Phi) is 7.22. The zero-order valence-electron chi connectivity index (χ0n) is 13.2. The molecule has 0 aliphatic heterocycles. The number of carbonyl (C=O) groups is 2. The maximum absolute atomic E-state index is 12.1. The summed E-state index contributed by atoms with van der Waals surface area (Å²) >= 11 is 0. The van der Waals surface area contributed by atoms with Gasteiger partial charge in [-0.2, -0.15) is 0 Å². The van der Waals surface area contributed by atoms with E-state index in [1.165, 1.54) is 4.90 Å². The van der Waals surface area contributed by atoms with E-state index in [0.29, 0.717) is 18.9 Å². The fourth-order valence-electron chi connectivity index (χ4n) is 1.89. The summed E-state index contributed by atoms with van der Waals surface area (Å²) in [4.78, 5) is 24.2. The van der Waals surface area contributed by atoms with E-state index in [-0.39, 0.29) is 25.0 Å². The largest absolute Gasteiger partial charge is 0.494 e. The molecule has 0 aliphatic carbocycles. The first-order valence-corrected chi connectivity index (χ1v) is 7.27. The van der Waals surface area contributed by atoms with E-state index < -0.39 is 5.97 Å². The van der Waals surface area contributed by atoms with E-state index in [1.807, 2.05) is 20.8 Å². The number of amides is 1. The molecule has 0 aromatic heterocycles. The van der Waals surface area contributed by atoms with Crippen LogP contribution in [0.15, 0.2) is 24.3 Å². The van der Waals surface area contributed by atoms with Gasteiger partial charge in [0, 0.05) is 6.54 Å². The van der Waals surface area contributed by atoms with Gasteiger partial charge in [-0.15, -0.1) is 0 Å². The normalized spacial score (nSPS) is 10.4. The molecule has 0 bridgehead atoms. The second-order valence-electron chi connectivity index (χ2n) is 5.25. The van der Waals surface area contributed by atoms with Crippen LogP contribution in [0.2, 0.25) is 0 Å². The SMILES string of the molecule is CCOc1ccc(OCC(=O)N(CC(=O)O)CC(C)C)cc1. The molecule has 0 radical (unpaired) electrons. The number of hydrogen-bond acceptors (Lipinski definition) is 4. The molecule has 22 heavy (non-hydrogen) atoms. The van der Waals surface area contributed by atoms with Crippen LogP contribution in [0, 0.1) is 5.92 Å². The molecule has 0 saturated carbocycles. The summed E-state index contributed by atoms with van der Waals surface area (Å²) < 4.78 is 10.7. The number of aliphatic carboxylic acids is 1.